The molecule has 0 aromatic carbocycles. The largest absolute Gasteiger partial charge is 0.477 e. The van der Waals surface area contributed by atoms with E-state index >= 15 is 0 Å². The van der Waals surface area contributed by atoms with Gasteiger partial charge in [-0.05, 0) is 13.0 Å². The first-order chi connectivity index (χ1) is 29.4. The van der Waals surface area contributed by atoms with Crippen LogP contribution in [0.15, 0.2) is 0 Å². The number of carboxylic acid groups (broad SMARTS) is 1. The van der Waals surface area contributed by atoms with Gasteiger partial charge in [0.15, 0.2) is 18.9 Å². The van der Waals surface area contributed by atoms with E-state index in [4.69, 9.17) is 42.6 Å². The monoisotopic (exact) mass is 934 g/mol. The third-order valence-corrected chi connectivity index (χ3v) is 13.0. The number of nitrogens with one attached hydrogen (secondary N) is 2. The highest BCUT2D eigenvalue weighted by atomic mass is 28.3. The number of carbonyl (C=O) groups is 3. The molecule has 0 saturated carbocycles. The predicted molar refractivity (Wildman–Crippen MR) is 210 cm³/mol. The molecule has 0 aliphatic carbocycles. The third-order valence-electron chi connectivity index (χ3n) is 11.3. The van der Waals surface area contributed by atoms with E-state index in [-0.39, 0.29) is 6.61 Å². The SMILES string of the molecule is CO[C@@H]1[C@H](O[C@@H]2[C@@H](NC(C)=O)[C@H](OCC[Si](C)(C)C)O[C@H](CO)[C@H]2O[C@@H]2O[C@H](CO)[C@H](O)[C@H](O[C@]3(C(=O)O)C[C@H](O)[C@@H](NC(C)=O)[C@H]([C@H](O)[C@H](O)CO)O3)[C@H]2O)O[C@@H](C)[C@@H](O)[C@H]1O. The Morgan fingerprint density at radius 1 is 0.762 bits per heavy atom. The minimum Gasteiger partial charge on any atom is -0.477 e. The normalized spacial score (nSPS) is 42.2. The molecule has 4 fully saturated rings. The molecular formula is C37H66N2O23Si. The van der Waals surface area contributed by atoms with Gasteiger partial charge < -0.3 is 109 Å². The molecule has 4 aliphatic heterocycles. The van der Waals surface area contributed by atoms with Gasteiger partial charge in [-0.2, -0.15) is 0 Å². The first-order valence-corrected chi connectivity index (χ1v) is 24.3. The molecule has 0 aromatic heterocycles. The van der Waals surface area contributed by atoms with E-state index in [0.29, 0.717) is 6.04 Å². The molecule has 0 radical (unpaired) electrons. The Hall–Kier alpha value is -2.13. The molecule has 63 heavy (non-hydrogen) atoms. The fourth-order valence-electron chi connectivity index (χ4n) is 7.83. The van der Waals surface area contributed by atoms with Crippen molar-refractivity contribution in [3.05, 3.63) is 0 Å². The zero-order valence-corrected chi connectivity index (χ0v) is 37.1. The van der Waals surface area contributed by atoms with Crippen molar-refractivity contribution < 1.29 is 113 Å². The van der Waals surface area contributed by atoms with E-state index in [1.54, 1.807) is 0 Å². The Bertz CT molecular complexity index is 1500. The van der Waals surface area contributed by atoms with E-state index in [1.807, 2.05) is 0 Å². The first kappa shape index (κ1) is 53.5. The highest BCUT2D eigenvalue weighted by molar-refractivity contribution is 6.76. The Morgan fingerprint density at radius 3 is 1.89 bits per heavy atom. The zero-order chi connectivity index (χ0) is 47.3. The summed E-state index contributed by atoms with van der Waals surface area (Å²) in [6.07, 6.45) is -32.3. The van der Waals surface area contributed by atoms with E-state index < -0.39 is 180 Å². The van der Waals surface area contributed by atoms with Gasteiger partial charge >= 0.3 is 5.97 Å². The molecule has 25 nitrogen and oxygen atoms in total. The minimum atomic E-state index is -3.09. The summed E-state index contributed by atoms with van der Waals surface area (Å²) in [5, 5.41) is 123. The highest BCUT2D eigenvalue weighted by Crippen LogP contribution is 2.39. The number of ether oxygens (including phenoxy) is 9. The number of amides is 2. The van der Waals surface area contributed by atoms with Crippen molar-refractivity contribution in [2.75, 3.05) is 33.5 Å². The van der Waals surface area contributed by atoms with Gasteiger partial charge in [0.1, 0.15) is 85.4 Å². The fraction of sp³-hybridized carbons (Fsp3) is 0.919. The van der Waals surface area contributed by atoms with Gasteiger partial charge in [0.2, 0.25) is 11.8 Å². The van der Waals surface area contributed by atoms with Gasteiger partial charge in [-0.25, -0.2) is 4.79 Å². The van der Waals surface area contributed by atoms with Crippen LogP contribution in [0.2, 0.25) is 25.7 Å². The molecule has 0 unspecified atom stereocenters. The topological polar surface area (TPSA) is 381 Å². The Kier molecular flexibility index (Phi) is 19.2. The van der Waals surface area contributed by atoms with Crippen molar-refractivity contribution >= 4 is 25.9 Å². The highest BCUT2D eigenvalue weighted by Gasteiger charge is 2.61. The van der Waals surface area contributed by atoms with Crippen LogP contribution in [0.1, 0.15) is 27.2 Å². The number of methoxy groups -OCH3 is 1. The van der Waals surface area contributed by atoms with Crippen LogP contribution in [-0.2, 0) is 57.0 Å². The van der Waals surface area contributed by atoms with Gasteiger partial charge in [-0.3, -0.25) is 9.59 Å². The third kappa shape index (κ3) is 12.7. The van der Waals surface area contributed by atoms with Crippen molar-refractivity contribution in [2.24, 2.45) is 0 Å². The standard InChI is InChI=1S/C37H66N2O23Si/c1-14-23(47)26(50)32(54-4)35(56-14)60-30-22(39-16(3)44)33(55-8-9-63(5,6)7)58-20(13-42)28(30)59-34-27(51)31(25(49)19(12-41)57-34)62-37(36(52)53)10-17(45)21(38-15(2)43)29(61-37)24(48)18(46)11-40/h14,17-35,40-42,45-51H,8-13H2,1-7H3,(H,38,43)(H,39,44)(H,52,53)/t14-,17-,18+,19+,20+,21+,22+,23+,24+,25-,26+,27+,28+,29+,30+,31-,32-,33+,34-,35-,37-/m0/s1. The molecule has 26 heteroatoms. The van der Waals surface area contributed by atoms with E-state index in [2.05, 4.69) is 30.3 Å². The Balaban J connectivity index is 1.76. The van der Waals surface area contributed by atoms with Crippen LogP contribution in [0.25, 0.3) is 0 Å². The second-order valence-electron chi connectivity index (χ2n) is 17.4. The lowest BCUT2D eigenvalue weighted by molar-refractivity contribution is -0.391. The molecule has 4 rings (SSSR count). The van der Waals surface area contributed by atoms with Crippen molar-refractivity contribution in [2.45, 2.75) is 181 Å². The van der Waals surface area contributed by atoms with Crippen LogP contribution >= 0.6 is 0 Å². The average molecular weight is 935 g/mol. The van der Waals surface area contributed by atoms with Gasteiger partial charge in [0.05, 0.1) is 38.1 Å². The van der Waals surface area contributed by atoms with Gasteiger partial charge in [0, 0.05) is 42.1 Å². The molecular weight excluding hydrogens is 868 g/mol. The van der Waals surface area contributed by atoms with Crippen LogP contribution < -0.4 is 10.6 Å². The van der Waals surface area contributed by atoms with Gasteiger partial charge in [-0.15, -0.1) is 0 Å². The summed E-state index contributed by atoms with van der Waals surface area (Å²) in [4.78, 5) is 37.8. The van der Waals surface area contributed by atoms with Crippen molar-refractivity contribution in [3.8, 4) is 0 Å². The summed E-state index contributed by atoms with van der Waals surface area (Å²) in [6, 6.07) is -2.28. The fourth-order valence-corrected chi connectivity index (χ4v) is 8.56. The summed E-state index contributed by atoms with van der Waals surface area (Å²) in [6.45, 7) is 7.16. The van der Waals surface area contributed by atoms with Gasteiger partial charge in [-0.1, -0.05) is 19.6 Å². The molecule has 4 aliphatic rings. The number of rotatable bonds is 19. The molecule has 4 heterocycles. The maximum absolute atomic E-state index is 13.0. The van der Waals surface area contributed by atoms with Crippen LogP contribution in [0.4, 0.5) is 0 Å². The molecule has 4 saturated heterocycles. The Morgan fingerprint density at radius 2 is 1.35 bits per heavy atom. The minimum absolute atomic E-state index is 0.138. The second kappa shape index (κ2) is 22.6. The lowest BCUT2D eigenvalue weighted by Crippen LogP contribution is -2.71. The quantitative estimate of drug-likeness (QED) is 0.0536. The molecule has 0 aromatic rings. The number of carbonyl (C=O) groups excluding carboxylic acids is 2. The van der Waals surface area contributed by atoms with Crippen molar-refractivity contribution in [3.63, 3.8) is 0 Å². The van der Waals surface area contributed by atoms with Crippen LogP contribution in [0.5, 0.6) is 0 Å². The second-order valence-corrected chi connectivity index (χ2v) is 23.0. The molecule has 0 spiro atoms. The lowest BCUT2D eigenvalue weighted by atomic mass is 9.88. The average Bonchev–Trinajstić information content (AvgIpc) is 3.20. The number of hydrogen-bond acceptors (Lipinski definition) is 22. The van der Waals surface area contributed by atoms with Gasteiger partial charge in [0.25, 0.3) is 5.79 Å². The predicted octanol–water partition coefficient (Wildman–Crippen LogP) is -6.21. The molecule has 21 atom stereocenters. The smallest absolute Gasteiger partial charge is 0.364 e. The molecule has 366 valence electrons. The maximum atomic E-state index is 13.0. The molecule has 13 N–H and O–H groups in total. The Labute approximate surface area is 364 Å². The lowest BCUT2D eigenvalue weighted by Gasteiger charge is -2.52. The summed E-state index contributed by atoms with van der Waals surface area (Å²) >= 11 is 0. The van der Waals surface area contributed by atoms with E-state index in [9.17, 15) is 70.6 Å². The van der Waals surface area contributed by atoms with Crippen molar-refractivity contribution in [1.82, 2.24) is 10.6 Å². The number of aliphatic carboxylic acids is 1. The zero-order valence-electron chi connectivity index (χ0n) is 36.1. The maximum Gasteiger partial charge on any atom is 0.364 e. The summed E-state index contributed by atoms with van der Waals surface area (Å²) in [7, 11) is -0.500. The van der Waals surface area contributed by atoms with Crippen LogP contribution in [0, 0.1) is 0 Å². The summed E-state index contributed by atoms with van der Waals surface area (Å²) in [5.74, 6) is -6.47. The van der Waals surface area contributed by atoms with Crippen LogP contribution in [0.3, 0.4) is 0 Å². The van der Waals surface area contributed by atoms with Crippen molar-refractivity contribution in [1.29, 1.82) is 0 Å². The first-order valence-electron chi connectivity index (χ1n) is 20.6. The molecule has 2 amide bonds. The van der Waals surface area contributed by atoms with E-state index in [0.717, 1.165) is 6.92 Å². The number of aliphatic hydroxyl groups is 10. The number of carboxylic acids is 1. The number of aliphatic hydroxyl groups excluding tert-OH is 10. The summed E-state index contributed by atoms with van der Waals surface area (Å²) < 4.78 is 53.5. The van der Waals surface area contributed by atoms with Crippen LogP contribution in [-0.4, -0.2) is 244 Å². The molecule has 0 bridgehead atoms. The number of hydrogen-bond donors (Lipinski definition) is 13. The summed E-state index contributed by atoms with van der Waals surface area (Å²) in [5.41, 5.74) is 0. The van der Waals surface area contributed by atoms with E-state index in [1.165, 1.54) is 21.0 Å².